The van der Waals surface area contributed by atoms with Crippen molar-refractivity contribution >= 4 is 21.6 Å². The molecule has 3 rings (SSSR count). The third-order valence-electron chi connectivity index (χ3n) is 4.27. The zero-order valence-corrected chi connectivity index (χ0v) is 15.6. The number of ether oxygens (including phenoxy) is 1. The van der Waals surface area contributed by atoms with E-state index in [0.717, 1.165) is 31.2 Å². The average molecular weight is 381 g/mol. The number of halogens is 1. The van der Waals surface area contributed by atoms with E-state index in [1.54, 1.807) is 24.4 Å². The second-order valence-electron chi connectivity index (χ2n) is 6.34. The zero-order chi connectivity index (χ0) is 17.9. The lowest BCUT2D eigenvalue weighted by atomic mass is 9.94. The minimum Gasteiger partial charge on any atom is -0.474 e. The molecule has 25 heavy (non-hydrogen) atoms. The van der Waals surface area contributed by atoms with Gasteiger partial charge in [0.2, 0.25) is 15.9 Å². The van der Waals surface area contributed by atoms with Crippen LogP contribution in [0.25, 0.3) is 0 Å². The Bertz CT molecular complexity index is 816. The number of rotatable bonds is 5. The molecule has 1 fully saturated rings. The van der Waals surface area contributed by atoms with Crippen molar-refractivity contribution in [2.45, 2.75) is 49.6 Å². The molecule has 1 aliphatic carbocycles. The number of nitrogens with zero attached hydrogens (tertiary/aromatic N) is 1. The van der Waals surface area contributed by atoms with Gasteiger partial charge in [0, 0.05) is 23.3 Å². The lowest BCUT2D eigenvalue weighted by Crippen LogP contribution is -2.39. The van der Waals surface area contributed by atoms with E-state index in [0.29, 0.717) is 10.9 Å². The molecule has 1 aromatic heterocycles. The highest BCUT2D eigenvalue weighted by molar-refractivity contribution is 7.89. The highest BCUT2D eigenvalue weighted by atomic mass is 35.5. The fourth-order valence-corrected chi connectivity index (χ4v) is 4.52. The lowest BCUT2D eigenvalue weighted by molar-refractivity contribution is 0.138. The molecule has 1 saturated carbocycles. The summed E-state index contributed by atoms with van der Waals surface area (Å²) in [5.41, 5.74) is 1.09. The van der Waals surface area contributed by atoms with Crippen molar-refractivity contribution in [1.29, 1.82) is 0 Å². The van der Waals surface area contributed by atoms with E-state index >= 15 is 0 Å². The van der Waals surface area contributed by atoms with Crippen molar-refractivity contribution < 1.29 is 13.2 Å². The molecule has 0 bridgehead atoms. The molecule has 0 saturated heterocycles. The number of aryl methyl sites for hydroxylation is 1. The van der Waals surface area contributed by atoms with E-state index in [9.17, 15) is 8.42 Å². The Morgan fingerprint density at radius 3 is 2.56 bits per heavy atom. The molecule has 0 atom stereocenters. The molecule has 0 radical (unpaired) electrons. The first-order valence-electron chi connectivity index (χ1n) is 8.29. The van der Waals surface area contributed by atoms with E-state index in [1.165, 1.54) is 6.07 Å². The van der Waals surface area contributed by atoms with Crippen molar-refractivity contribution in [2.75, 3.05) is 0 Å². The van der Waals surface area contributed by atoms with Gasteiger partial charge in [0.1, 0.15) is 6.10 Å². The van der Waals surface area contributed by atoms with Gasteiger partial charge in [-0.25, -0.2) is 18.1 Å². The summed E-state index contributed by atoms with van der Waals surface area (Å²) in [6.07, 6.45) is 4.89. The first-order chi connectivity index (χ1) is 11.9. The van der Waals surface area contributed by atoms with Crippen LogP contribution in [0.2, 0.25) is 5.02 Å². The van der Waals surface area contributed by atoms with E-state index in [2.05, 4.69) is 9.71 Å². The Labute approximate surface area is 153 Å². The van der Waals surface area contributed by atoms with Gasteiger partial charge in [-0.3, -0.25) is 0 Å². The summed E-state index contributed by atoms with van der Waals surface area (Å²) in [4.78, 5) is 4.45. The summed E-state index contributed by atoms with van der Waals surface area (Å²) in [5.74, 6) is 0.619. The average Bonchev–Trinajstić information content (AvgIpc) is 2.58. The van der Waals surface area contributed by atoms with Crippen molar-refractivity contribution in [2.24, 2.45) is 0 Å². The first-order valence-corrected chi connectivity index (χ1v) is 10.2. The third-order valence-corrected chi connectivity index (χ3v) is 6.03. The first kappa shape index (κ1) is 18.2. The number of pyridine rings is 1. The molecule has 2 aromatic rings. The molecule has 1 N–H and O–H groups in total. The smallest absolute Gasteiger partial charge is 0.240 e. The van der Waals surface area contributed by atoms with Crippen LogP contribution in [0.4, 0.5) is 0 Å². The van der Waals surface area contributed by atoms with E-state index in [4.69, 9.17) is 16.3 Å². The fourth-order valence-electron chi connectivity index (χ4n) is 2.91. The van der Waals surface area contributed by atoms with Gasteiger partial charge in [0.05, 0.1) is 4.90 Å². The Hall–Kier alpha value is -1.63. The topological polar surface area (TPSA) is 68.3 Å². The minimum atomic E-state index is -3.55. The number of hydrogen-bond acceptors (Lipinski definition) is 4. The molecule has 0 aliphatic heterocycles. The van der Waals surface area contributed by atoms with Crippen LogP contribution in [0.3, 0.4) is 0 Å². The van der Waals surface area contributed by atoms with E-state index in [-0.39, 0.29) is 17.0 Å². The predicted octanol–water partition coefficient (Wildman–Crippen LogP) is 3.71. The van der Waals surface area contributed by atoms with Crippen LogP contribution in [-0.2, 0) is 10.0 Å². The van der Waals surface area contributed by atoms with Gasteiger partial charge in [-0.2, -0.15) is 0 Å². The second-order valence-corrected chi connectivity index (χ2v) is 8.49. The zero-order valence-electron chi connectivity index (χ0n) is 14.0. The normalized spacial score (nSPS) is 21.0. The number of nitrogens with one attached hydrogen (secondary N) is 1. The minimum absolute atomic E-state index is 0.0714. The van der Waals surface area contributed by atoms with Crippen molar-refractivity contribution in [3.8, 4) is 5.88 Å². The molecule has 1 heterocycles. The van der Waals surface area contributed by atoms with Gasteiger partial charge in [-0.1, -0.05) is 23.7 Å². The van der Waals surface area contributed by atoms with Crippen molar-refractivity contribution in [3.05, 3.63) is 53.2 Å². The molecular formula is C18H21ClN2O3S. The van der Waals surface area contributed by atoms with Crippen LogP contribution in [0.1, 0.15) is 31.2 Å². The van der Waals surface area contributed by atoms with E-state index < -0.39 is 10.0 Å². The summed E-state index contributed by atoms with van der Waals surface area (Å²) >= 11 is 5.88. The fraction of sp³-hybridized carbons (Fsp3) is 0.389. The van der Waals surface area contributed by atoms with Gasteiger partial charge < -0.3 is 4.74 Å². The number of sulfonamides is 1. The quantitative estimate of drug-likeness (QED) is 0.858. The SMILES string of the molecule is Cc1ccc(OC2CCC(NS(=O)(=O)c3cccc(Cl)c3)CC2)nc1. The second kappa shape index (κ2) is 7.72. The highest BCUT2D eigenvalue weighted by Gasteiger charge is 2.27. The third kappa shape index (κ3) is 4.93. The largest absolute Gasteiger partial charge is 0.474 e. The van der Waals surface area contributed by atoms with Crippen LogP contribution >= 0.6 is 11.6 Å². The monoisotopic (exact) mass is 380 g/mol. The van der Waals surface area contributed by atoms with Crippen LogP contribution in [0.15, 0.2) is 47.5 Å². The summed E-state index contributed by atoms with van der Waals surface area (Å²) < 4.78 is 33.5. The molecule has 7 heteroatoms. The van der Waals surface area contributed by atoms with Crippen molar-refractivity contribution in [3.63, 3.8) is 0 Å². The summed E-state index contributed by atoms with van der Waals surface area (Å²) in [5, 5.41) is 0.408. The highest BCUT2D eigenvalue weighted by Crippen LogP contribution is 2.24. The summed E-state index contributed by atoms with van der Waals surface area (Å²) in [6.45, 7) is 1.98. The van der Waals surface area contributed by atoms with E-state index in [1.807, 2.05) is 19.1 Å². The molecule has 134 valence electrons. The Kier molecular flexibility index (Phi) is 5.61. The summed E-state index contributed by atoms with van der Waals surface area (Å²) in [6, 6.07) is 10.0. The number of hydrogen-bond donors (Lipinski definition) is 1. The van der Waals surface area contributed by atoms with Crippen LogP contribution < -0.4 is 9.46 Å². The van der Waals surface area contributed by atoms with Gasteiger partial charge in [-0.15, -0.1) is 0 Å². The Morgan fingerprint density at radius 1 is 1.16 bits per heavy atom. The lowest BCUT2D eigenvalue weighted by Gasteiger charge is -2.29. The number of benzene rings is 1. The standard InChI is InChI=1S/C18H21ClN2O3S/c1-13-5-10-18(20-12-13)24-16-8-6-15(7-9-16)21-25(22,23)17-4-2-3-14(19)11-17/h2-5,10-12,15-16,21H,6-9H2,1H3. The summed E-state index contributed by atoms with van der Waals surface area (Å²) in [7, 11) is -3.55. The Morgan fingerprint density at radius 2 is 1.92 bits per heavy atom. The molecule has 0 spiro atoms. The van der Waals surface area contributed by atoms with Gasteiger partial charge in [0.15, 0.2) is 0 Å². The van der Waals surface area contributed by atoms with Gasteiger partial charge >= 0.3 is 0 Å². The molecule has 5 nitrogen and oxygen atoms in total. The maximum atomic E-state index is 12.4. The van der Waals surface area contributed by atoms with Crippen LogP contribution in [0.5, 0.6) is 5.88 Å². The number of aromatic nitrogens is 1. The van der Waals surface area contributed by atoms with Gasteiger partial charge in [0.25, 0.3) is 0 Å². The molecular weight excluding hydrogens is 360 g/mol. The van der Waals surface area contributed by atoms with Crippen LogP contribution in [0, 0.1) is 6.92 Å². The molecule has 1 aliphatic rings. The van der Waals surface area contributed by atoms with Gasteiger partial charge in [-0.05, 0) is 56.4 Å². The van der Waals surface area contributed by atoms with Crippen molar-refractivity contribution in [1.82, 2.24) is 9.71 Å². The maximum Gasteiger partial charge on any atom is 0.240 e. The Balaban J connectivity index is 1.54. The molecule has 0 amide bonds. The molecule has 1 aromatic carbocycles. The molecule has 0 unspecified atom stereocenters. The predicted molar refractivity (Wildman–Crippen MR) is 97.4 cm³/mol. The van der Waals surface area contributed by atoms with Crippen LogP contribution in [-0.4, -0.2) is 25.5 Å². The maximum absolute atomic E-state index is 12.4.